The van der Waals surface area contributed by atoms with Crippen LogP contribution in [0.25, 0.3) is 11.3 Å². The zero-order chi connectivity index (χ0) is 18.4. The van der Waals surface area contributed by atoms with Crippen molar-refractivity contribution in [2.24, 2.45) is 23.7 Å². The Morgan fingerprint density at radius 1 is 1.19 bits per heavy atom. The van der Waals surface area contributed by atoms with E-state index in [1.807, 2.05) is 43.5 Å². The van der Waals surface area contributed by atoms with Crippen molar-refractivity contribution in [3.05, 3.63) is 46.9 Å². The van der Waals surface area contributed by atoms with E-state index < -0.39 is 17.8 Å². The van der Waals surface area contributed by atoms with Crippen molar-refractivity contribution >= 4 is 28.3 Å². The number of anilines is 1. The molecule has 1 aromatic carbocycles. The van der Waals surface area contributed by atoms with Gasteiger partial charge in [-0.1, -0.05) is 35.9 Å². The van der Waals surface area contributed by atoms with Crippen LogP contribution < -0.4 is 5.32 Å². The molecule has 2 bridgehead atoms. The number of rotatable bonds is 4. The highest BCUT2D eigenvalue weighted by atomic mass is 32.1. The second-order valence-corrected chi connectivity index (χ2v) is 8.04. The number of carbonyl (C=O) groups is 2. The van der Waals surface area contributed by atoms with Gasteiger partial charge in [0.25, 0.3) is 0 Å². The van der Waals surface area contributed by atoms with Crippen LogP contribution in [0.5, 0.6) is 0 Å². The number of carboxylic acid groups (broad SMARTS) is 1. The first-order valence-corrected chi connectivity index (χ1v) is 9.57. The first kappa shape index (κ1) is 17.0. The molecule has 0 unspecified atom stereocenters. The Morgan fingerprint density at radius 3 is 2.62 bits per heavy atom. The van der Waals surface area contributed by atoms with Gasteiger partial charge >= 0.3 is 5.97 Å². The second-order valence-electron chi connectivity index (χ2n) is 7.18. The highest BCUT2D eigenvalue weighted by molar-refractivity contribution is 7.14. The molecule has 1 fully saturated rings. The molecule has 0 saturated heterocycles. The summed E-state index contributed by atoms with van der Waals surface area (Å²) < 4.78 is 0. The lowest BCUT2D eigenvalue weighted by Crippen LogP contribution is -2.36. The second kappa shape index (κ2) is 6.36. The first-order valence-electron chi connectivity index (χ1n) is 8.69. The predicted molar refractivity (Wildman–Crippen MR) is 101 cm³/mol. The molecule has 1 aromatic heterocycles. The van der Waals surface area contributed by atoms with E-state index in [4.69, 9.17) is 0 Å². The number of nitrogens with zero attached hydrogens (tertiary/aromatic N) is 1. The topological polar surface area (TPSA) is 79.3 Å². The largest absolute Gasteiger partial charge is 0.481 e. The van der Waals surface area contributed by atoms with Crippen LogP contribution in [-0.4, -0.2) is 22.0 Å². The highest BCUT2D eigenvalue weighted by Gasteiger charge is 2.51. The summed E-state index contributed by atoms with van der Waals surface area (Å²) in [5.41, 5.74) is 4.19. The molecule has 1 saturated carbocycles. The number of amides is 1. The molecule has 0 radical (unpaired) electrons. The summed E-state index contributed by atoms with van der Waals surface area (Å²) in [6.45, 7) is 4.09. The Labute approximate surface area is 155 Å². The predicted octanol–water partition coefficient (Wildman–Crippen LogP) is 3.89. The Hall–Kier alpha value is -2.47. The number of aryl methyl sites for hydroxylation is 2. The normalized spacial score (nSPS) is 26.2. The third-order valence-corrected chi connectivity index (χ3v) is 6.20. The van der Waals surface area contributed by atoms with Crippen molar-refractivity contribution in [1.82, 2.24) is 4.98 Å². The van der Waals surface area contributed by atoms with E-state index in [1.54, 1.807) is 0 Å². The average Bonchev–Trinajstić information content (AvgIpc) is 3.29. The first-order chi connectivity index (χ1) is 12.4. The van der Waals surface area contributed by atoms with Crippen molar-refractivity contribution < 1.29 is 14.7 Å². The van der Waals surface area contributed by atoms with E-state index in [1.165, 1.54) is 16.9 Å². The molecule has 1 amide bonds. The lowest BCUT2D eigenvalue weighted by atomic mass is 9.82. The number of hydrogen-bond acceptors (Lipinski definition) is 4. The van der Waals surface area contributed by atoms with E-state index in [0.29, 0.717) is 5.13 Å². The van der Waals surface area contributed by atoms with Crippen LogP contribution in [0.2, 0.25) is 0 Å². The van der Waals surface area contributed by atoms with Crippen molar-refractivity contribution in [3.63, 3.8) is 0 Å². The van der Waals surface area contributed by atoms with Gasteiger partial charge in [-0.25, -0.2) is 4.98 Å². The van der Waals surface area contributed by atoms with Gasteiger partial charge in [-0.3, -0.25) is 9.59 Å². The third-order valence-electron chi connectivity index (χ3n) is 5.44. The van der Waals surface area contributed by atoms with Gasteiger partial charge < -0.3 is 10.4 Å². The maximum absolute atomic E-state index is 12.7. The number of aliphatic carboxylic acids is 1. The maximum atomic E-state index is 12.7. The minimum absolute atomic E-state index is 0.0138. The molecule has 4 atom stereocenters. The summed E-state index contributed by atoms with van der Waals surface area (Å²) in [5.74, 6) is -2.30. The molecule has 1 heterocycles. The summed E-state index contributed by atoms with van der Waals surface area (Å²) >= 11 is 1.37. The zero-order valence-corrected chi connectivity index (χ0v) is 15.4. The fourth-order valence-electron chi connectivity index (χ4n) is 4.26. The Morgan fingerprint density at radius 2 is 1.92 bits per heavy atom. The van der Waals surface area contributed by atoms with Gasteiger partial charge in [0.2, 0.25) is 5.91 Å². The van der Waals surface area contributed by atoms with Crippen LogP contribution in [0.1, 0.15) is 17.5 Å². The van der Waals surface area contributed by atoms with Gasteiger partial charge in [0.15, 0.2) is 5.13 Å². The number of carboxylic acids is 1. The van der Waals surface area contributed by atoms with E-state index in [-0.39, 0.29) is 17.7 Å². The molecule has 134 valence electrons. The number of hydrogen-bond donors (Lipinski definition) is 2. The summed E-state index contributed by atoms with van der Waals surface area (Å²) in [6, 6.07) is 6.18. The van der Waals surface area contributed by atoms with E-state index in [0.717, 1.165) is 23.2 Å². The Kier molecular flexibility index (Phi) is 4.15. The lowest BCUT2D eigenvalue weighted by Gasteiger charge is -2.23. The summed E-state index contributed by atoms with van der Waals surface area (Å²) in [6.07, 6.45) is 4.67. The van der Waals surface area contributed by atoms with Crippen LogP contribution in [0.15, 0.2) is 35.7 Å². The van der Waals surface area contributed by atoms with Gasteiger partial charge in [-0.05, 0) is 37.7 Å². The van der Waals surface area contributed by atoms with Gasteiger partial charge in [-0.2, -0.15) is 0 Å². The minimum atomic E-state index is -0.892. The third kappa shape index (κ3) is 2.84. The molecular weight excluding hydrogens is 348 g/mol. The van der Waals surface area contributed by atoms with Crippen LogP contribution >= 0.6 is 11.3 Å². The fourth-order valence-corrected chi connectivity index (χ4v) is 4.97. The lowest BCUT2D eigenvalue weighted by molar-refractivity contribution is -0.146. The molecule has 2 aliphatic rings. The van der Waals surface area contributed by atoms with E-state index in [2.05, 4.69) is 16.4 Å². The van der Waals surface area contributed by atoms with Gasteiger partial charge in [0.1, 0.15) is 0 Å². The number of benzene rings is 1. The van der Waals surface area contributed by atoms with Gasteiger partial charge in [-0.15, -0.1) is 11.3 Å². The standard InChI is InChI=1S/C20H20N2O3S/c1-10-3-6-14(11(2)7-10)15-9-26-20(21-15)22-18(23)16-12-4-5-13(8-12)17(16)19(24)25/h3-7,9,12-13,16-17H,8H2,1-2H3,(H,24,25)(H,21,22,23)/t12-,13+,16-,17+/m1/s1. The van der Waals surface area contributed by atoms with Crippen molar-refractivity contribution in [3.8, 4) is 11.3 Å². The fraction of sp³-hybridized carbons (Fsp3) is 0.350. The van der Waals surface area contributed by atoms with E-state index in [9.17, 15) is 14.7 Å². The van der Waals surface area contributed by atoms with Crippen LogP contribution in [0.4, 0.5) is 5.13 Å². The number of thiazole rings is 1. The van der Waals surface area contributed by atoms with Crippen molar-refractivity contribution in [1.29, 1.82) is 0 Å². The monoisotopic (exact) mass is 368 g/mol. The number of allylic oxidation sites excluding steroid dienone is 2. The van der Waals surface area contributed by atoms with Crippen molar-refractivity contribution in [2.75, 3.05) is 5.32 Å². The summed E-state index contributed by atoms with van der Waals surface area (Å²) in [4.78, 5) is 28.9. The molecule has 5 nitrogen and oxygen atoms in total. The maximum Gasteiger partial charge on any atom is 0.307 e. The van der Waals surface area contributed by atoms with Crippen molar-refractivity contribution in [2.45, 2.75) is 20.3 Å². The Balaban J connectivity index is 1.53. The number of carbonyl (C=O) groups excluding carboxylic acids is 1. The number of nitrogens with one attached hydrogen (secondary N) is 1. The molecule has 2 aromatic rings. The van der Waals surface area contributed by atoms with Crippen LogP contribution in [-0.2, 0) is 9.59 Å². The number of fused-ring (bicyclic) bond motifs is 2. The highest BCUT2D eigenvalue weighted by Crippen LogP contribution is 2.48. The molecule has 4 rings (SSSR count). The smallest absolute Gasteiger partial charge is 0.307 e. The number of aromatic nitrogens is 1. The summed E-state index contributed by atoms with van der Waals surface area (Å²) in [5, 5.41) is 14.8. The molecule has 0 spiro atoms. The quantitative estimate of drug-likeness (QED) is 0.803. The molecule has 2 aliphatic carbocycles. The zero-order valence-electron chi connectivity index (χ0n) is 14.6. The van der Waals surface area contributed by atoms with Gasteiger partial charge in [0, 0.05) is 10.9 Å². The van der Waals surface area contributed by atoms with Crippen LogP contribution in [0.3, 0.4) is 0 Å². The Bertz CT molecular complexity index is 918. The van der Waals surface area contributed by atoms with Gasteiger partial charge in [0.05, 0.1) is 17.5 Å². The molecule has 26 heavy (non-hydrogen) atoms. The molecule has 0 aliphatic heterocycles. The van der Waals surface area contributed by atoms with Crippen LogP contribution in [0, 0.1) is 37.5 Å². The molecular formula is C20H20N2O3S. The molecule has 6 heteroatoms. The van der Waals surface area contributed by atoms with E-state index >= 15 is 0 Å². The SMILES string of the molecule is Cc1ccc(-c2csc(NC(=O)[C@H]3[C@@H](C(=O)O)[C@H]4C=C[C@@H]3C4)n2)c(C)c1. The summed E-state index contributed by atoms with van der Waals surface area (Å²) in [7, 11) is 0. The molecule has 2 N–H and O–H groups in total. The average molecular weight is 368 g/mol. The minimum Gasteiger partial charge on any atom is -0.481 e.